The molecule has 2 aliphatic heterocycles. The molecule has 14 nitrogen and oxygen atoms in total. The van der Waals surface area contributed by atoms with Crippen molar-refractivity contribution in [2.45, 2.75) is 56.4 Å². The third kappa shape index (κ3) is 4.23. The zero-order valence-electron chi connectivity index (χ0n) is 20.3. The van der Waals surface area contributed by atoms with Crippen molar-refractivity contribution in [1.82, 2.24) is 9.55 Å². The van der Waals surface area contributed by atoms with Crippen molar-refractivity contribution in [3.63, 3.8) is 0 Å². The van der Waals surface area contributed by atoms with Gasteiger partial charge in [0.05, 0.1) is 30.1 Å². The van der Waals surface area contributed by atoms with Gasteiger partial charge in [0, 0.05) is 22.1 Å². The molecule has 0 aliphatic carbocycles. The van der Waals surface area contributed by atoms with Gasteiger partial charge in [0.25, 0.3) is 5.56 Å². The van der Waals surface area contributed by atoms with Crippen LogP contribution in [0.25, 0.3) is 22.3 Å². The number of hydrogen-bond donors (Lipinski definition) is 7. The van der Waals surface area contributed by atoms with Gasteiger partial charge in [-0.05, 0) is 37.3 Å². The van der Waals surface area contributed by atoms with E-state index in [1.54, 1.807) is 6.07 Å². The maximum Gasteiger partial charge on any atom is 0.340 e. The first-order chi connectivity index (χ1) is 18.3. The second-order valence-corrected chi connectivity index (χ2v) is 9.55. The number of aliphatic hydroxyl groups is 5. The quantitative estimate of drug-likeness (QED) is 0.146. The maximum absolute atomic E-state index is 13.1. The molecule has 1 aromatic carbocycles. The highest BCUT2D eigenvalue weighted by atomic mass is 16.7. The zero-order chi connectivity index (χ0) is 28.4. The summed E-state index contributed by atoms with van der Waals surface area (Å²) in [5.41, 5.74) is -1.97. The molecular formula is C25H24N2O12. The van der Waals surface area contributed by atoms with E-state index in [-0.39, 0.29) is 29.1 Å². The van der Waals surface area contributed by atoms with E-state index in [9.17, 15) is 50.1 Å². The summed E-state index contributed by atoms with van der Waals surface area (Å²) in [7, 11) is 0. The van der Waals surface area contributed by atoms with Crippen LogP contribution < -0.4 is 10.3 Å². The van der Waals surface area contributed by atoms with Crippen molar-refractivity contribution in [2.24, 2.45) is 0 Å². The molecule has 6 atom stereocenters. The molecule has 0 spiro atoms. The molecule has 0 bridgehead atoms. The average Bonchev–Trinajstić information content (AvgIpc) is 3.24. The Balaban J connectivity index is 1.51. The van der Waals surface area contributed by atoms with E-state index in [1.165, 1.54) is 28.8 Å². The molecule has 4 heterocycles. The van der Waals surface area contributed by atoms with Gasteiger partial charge in [-0.25, -0.2) is 14.6 Å². The minimum atomic E-state index is -2.44. The van der Waals surface area contributed by atoms with Gasteiger partial charge in [-0.2, -0.15) is 0 Å². The van der Waals surface area contributed by atoms with Crippen LogP contribution in [0.1, 0.15) is 23.6 Å². The molecule has 14 heteroatoms. The van der Waals surface area contributed by atoms with E-state index in [2.05, 4.69) is 4.98 Å². The predicted octanol–water partition coefficient (Wildman–Crippen LogP) is -1.52. The smallest absolute Gasteiger partial charge is 0.340 e. The van der Waals surface area contributed by atoms with Crippen LogP contribution in [0, 0.1) is 0 Å². The van der Waals surface area contributed by atoms with E-state index in [1.807, 2.05) is 0 Å². The number of hydrogen-bond acceptors (Lipinski definition) is 11. The number of ether oxygens (including phenoxy) is 2. The Morgan fingerprint density at radius 3 is 2.49 bits per heavy atom. The first-order valence-electron chi connectivity index (χ1n) is 11.7. The lowest BCUT2D eigenvalue weighted by atomic mass is 9.91. The molecule has 0 amide bonds. The van der Waals surface area contributed by atoms with Crippen LogP contribution in [0.5, 0.6) is 5.75 Å². The van der Waals surface area contributed by atoms with E-state index < -0.39 is 60.4 Å². The molecule has 7 N–H and O–H groups in total. The van der Waals surface area contributed by atoms with Crippen molar-refractivity contribution >= 4 is 22.8 Å². The van der Waals surface area contributed by atoms with Gasteiger partial charge in [0.15, 0.2) is 11.7 Å². The van der Waals surface area contributed by atoms with Gasteiger partial charge in [-0.3, -0.25) is 4.79 Å². The van der Waals surface area contributed by atoms with E-state index in [4.69, 9.17) is 9.47 Å². The summed E-state index contributed by atoms with van der Waals surface area (Å²) in [6.45, 7) is 0.277. The Labute approximate surface area is 218 Å². The Hall–Kier alpha value is -3.92. The van der Waals surface area contributed by atoms with Gasteiger partial charge in [-0.1, -0.05) is 0 Å². The topological polar surface area (TPSA) is 229 Å². The van der Waals surface area contributed by atoms with Crippen LogP contribution in [0.15, 0.2) is 35.1 Å². The molecule has 3 aromatic rings. The number of aliphatic carboxylic acids is 2. The number of rotatable bonds is 6. The normalized spacial score (nSPS) is 25.5. The predicted molar refractivity (Wildman–Crippen MR) is 129 cm³/mol. The van der Waals surface area contributed by atoms with Gasteiger partial charge < -0.3 is 49.8 Å². The van der Waals surface area contributed by atoms with Gasteiger partial charge in [0.1, 0.15) is 24.1 Å². The highest BCUT2D eigenvalue weighted by Gasteiger charge is 2.48. The van der Waals surface area contributed by atoms with E-state index >= 15 is 0 Å². The number of carboxylic acids is 2. The minimum Gasteiger partial charge on any atom is -0.479 e. The fraction of sp³-hybridized carbons (Fsp3) is 0.360. The SMILES string of the molecule is C[C@@](O)(C(=O)O)c1cc2n(c(=O)c1CO)Cc1cc3cc(O[C@@H]4O[C@H](C(=O)O)[C@@H](O)[C@H](O)[C@H]4O)ccc3nc1-2. The Morgan fingerprint density at radius 2 is 1.85 bits per heavy atom. The van der Waals surface area contributed by atoms with Crippen LogP contribution in [0.3, 0.4) is 0 Å². The van der Waals surface area contributed by atoms with Crippen LogP contribution >= 0.6 is 0 Å². The fourth-order valence-electron chi connectivity index (χ4n) is 4.81. The minimum absolute atomic E-state index is 0.0504. The van der Waals surface area contributed by atoms with E-state index in [0.29, 0.717) is 22.2 Å². The highest BCUT2D eigenvalue weighted by Crippen LogP contribution is 2.36. The van der Waals surface area contributed by atoms with Gasteiger partial charge in [0.2, 0.25) is 6.29 Å². The first-order valence-corrected chi connectivity index (χ1v) is 11.7. The molecule has 2 aliphatic rings. The molecule has 2 aromatic heterocycles. The molecule has 39 heavy (non-hydrogen) atoms. The summed E-state index contributed by atoms with van der Waals surface area (Å²) in [6, 6.07) is 7.52. The van der Waals surface area contributed by atoms with Crippen molar-refractivity contribution in [3.8, 4) is 17.1 Å². The van der Waals surface area contributed by atoms with Gasteiger partial charge in [-0.15, -0.1) is 0 Å². The maximum atomic E-state index is 13.1. The van der Waals surface area contributed by atoms with Crippen LogP contribution in [-0.4, -0.2) is 87.9 Å². The standard InChI is InChI=1S/C25H24N2O12/c1-25(37,24(35)36)13-6-15-16-10(7-27(15)21(32)12(13)8-28)4-9-5-11(2-3-14(9)26-16)38-23-19(31)17(29)18(30)20(39-23)22(33)34/h2-6,17-20,23,28-31,37H,7-8H2,1H3,(H,33,34)(H,35,36)/t17-,18-,19+,20-,23+,25-/m0/s1. The molecule has 0 radical (unpaired) electrons. The lowest BCUT2D eigenvalue weighted by Crippen LogP contribution is -2.61. The molecule has 0 saturated carbocycles. The monoisotopic (exact) mass is 544 g/mol. The molecule has 5 rings (SSSR count). The lowest BCUT2D eigenvalue weighted by Gasteiger charge is -2.38. The Morgan fingerprint density at radius 1 is 1.13 bits per heavy atom. The van der Waals surface area contributed by atoms with Crippen LogP contribution in [0.2, 0.25) is 0 Å². The summed E-state index contributed by atoms with van der Waals surface area (Å²) < 4.78 is 12.0. The highest BCUT2D eigenvalue weighted by molar-refractivity contribution is 5.86. The largest absolute Gasteiger partial charge is 0.479 e. The summed E-state index contributed by atoms with van der Waals surface area (Å²) in [5, 5.41) is 69.6. The molecule has 0 unspecified atom stereocenters. The molecular weight excluding hydrogens is 520 g/mol. The average molecular weight is 544 g/mol. The van der Waals surface area contributed by atoms with Gasteiger partial charge >= 0.3 is 11.9 Å². The number of pyridine rings is 2. The molecule has 206 valence electrons. The number of carboxylic acid groups (broad SMARTS) is 2. The second-order valence-electron chi connectivity index (χ2n) is 9.55. The summed E-state index contributed by atoms with van der Waals surface area (Å²) in [4.78, 5) is 40.7. The summed E-state index contributed by atoms with van der Waals surface area (Å²) in [5.74, 6) is -3.02. The number of carbonyl (C=O) groups is 2. The Bertz CT molecular complexity index is 1560. The first kappa shape index (κ1) is 26.7. The molecule has 1 fully saturated rings. The zero-order valence-corrected chi connectivity index (χ0v) is 20.3. The van der Waals surface area contributed by atoms with Crippen molar-refractivity contribution in [1.29, 1.82) is 0 Å². The van der Waals surface area contributed by atoms with Crippen LogP contribution in [0.4, 0.5) is 0 Å². The van der Waals surface area contributed by atoms with Crippen molar-refractivity contribution < 1.29 is 54.8 Å². The summed E-state index contributed by atoms with van der Waals surface area (Å²) in [6.07, 6.45) is -8.88. The Kier molecular flexibility index (Phi) is 6.41. The van der Waals surface area contributed by atoms with Crippen molar-refractivity contribution in [3.05, 3.63) is 57.4 Å². The van der Waals surface area contributed by atoms with Crippen molar-refractivity contribution in [2.75, 3.05) is 0 Å². The fourth-order valence-corrected chi connectivity index (χ4v) is 4.81. The number of aromatic nitrogens is 2. The second kappa shape index (κ2) is 9.37. The van der Waals surface area contributed by atoms with E-state index in [0.717, 1.165) is 6.92 Å². The van der Waals surface area contributed by atoms with Crippen LogP contribution in [-0.2, 0) is 33.1 Å². The third-order valence-corrected chi connectivity index (χ3v) is 7.00. The molecule has 1 saturated heterocycles. The lowest BCUT2D eigenvalue weighted by molar-refractivity contribution is -0.271. The number of nitrogens with zero attached hydrogens (tertiary/aromatic N) is 2. The number of benzene rings is 1. The summed E-state index contributed by atoms with van der Waals surface area (Å²) >= 11 is 0. The third-order valence-electron chi connectivity index (χ3n) is 7.00. The number of aliphatic hydroxyl groups excluding tert-OH is 4. The number of fused-ring (bicyclic) bond motifs is 4.